The first-order valence-corrected chi connectivity index (χ1v) is 11.3. The molecule has 0 atom stereocenters. The molecule has 0 aliphatic heterocycles. The smallest absolute Gasteiger partial charge is 0.198 e. The van der Waals surface area contributed by atoms with Crippen LogP contribution in [0.3, 0.4) is 0 Å². The lowest BCUT2D eigenvalue weighted by molar-refractivity contribution is -0.121. The normalized spacial score (nSPS) is 16.3. The zero-order chi connectivity index (χ0) is 22.1. The number of nitrogens with zero attached hydrogens (tertiary/aromatic N) is 1. The predicted molar refractivity (Wildman–Crippen MR) is 126 cm³/mol. The molecule has 0 amide bonds. The Hall–Kier alpha value is -2.23. The van der Waals surface area contributed by atoms with E-state index in [0.717, 1.165) is 36.4 Å². The van der Waals surface area contributed by atoms with Gasteiger partial charge in [0.15, 0.2) is 11.5 Å². The summed E-state index contributed by atoms with van der Waals surface area (Å²) in [5.41, 5.74) is 3.12. The van der Waals surface area contributed by atoms with Crippen LogP contribution in [0.1, 0.15) is 71.8 Å². The summed E-state index contributed by atoms with van der Waals surface area (Å²) < 4.78 is 11.1. The lowest BCUT2D eigenvalue weighted by Crippen LogP contribution is -2.26. The number of ketones is 1. The molecule has 0 spiro atoms. The summed E-state index contributed by atoms with van der Waals surface area (Å²) in [6, 6.07) is 6.42. The molecule has 0 saturated carbocycles. The van der Waals surface area contributed by atoms with Gasteiger partial charge in [0.2, 0.25) is 0 Å². The number of Topliss-reactive ketones (excluding diaryl/α,β-unsaturated/α-hetero) is 1. The van der Waals surface area contributed by atoms with Crippen LogP contribution in [0.25, 0.3) is 6.08 Å². The van der Waals surface area contributed by atoms with Gasteiger partial charge in [-0.15, -0.1) is 0 Å². The van der Waals surface area contributed by atoms with Crippen LogP contribution in [0.5, 0.6) is 5.75 Å². The second-order valence-corrected chi connectivity index (χ2v) is 8.95. The lowest BCUT2D eigenvalue weighted by Gasteiger charge is -2.30. The molecular weight excluding hydrogens is 374 g/mol. The van der Waals surface area contributed by atoms with Crippen molar-refractivity contribution in [2.45, 2.75) is 66.2 Å². The number of hydrogen-bond acceptors (Lipinski definition) is 4. The average Bonchev–Trinajstić information content (AvgIpc) is 2.71. The van der Waals surface area contributed by atoms with Gasteiger partial charge in [-0.2, -0.15) is 0 Å². The fourth-order valence-corrected chi connectivity index (χ4v) is 4.02. The number of allylic oxidation sites excluding steroid dienone is 3. The molecule has 0 saturated heterocycles. The van der Waals surface area contributed by atoms with Crippen molar-refractivity contribution < 1.29 is 14.3 Å². The first-order valence-electron chi connectivity index (χ1n) is 11.3. The van der Waals surface area contributed by atoms with Gasteiger partial charge in [0.25, 0.3) is 0 Å². The quantitative estimate of drug-likeness (QED) is 0.420. The van der Waals surface area contributed by atoms with Gasteiger partial charge >= 0.3 is 0 Å². The van der Waals surface area contributed by atoms with Crippen molar-refractivity contribution in [1.29, 1.82) is 0 Å². The second-order valence-electron chi connectivity index (χ2n) is 8.95. The standard InChI is InChI=1S/C26H39NO3/c1-7-9-15-27(16-10-8-2)22-14-13-20(24(17-22)29-5)11-12-21-18-26(3,4)19-23(28)25(21)30-6/h11-14,17H,7-10,15-16,18-19H2,1-6H3/b12-11+. The highest BCUT2D eigenvalue weighted by Crippen LogP contribution is 2.38. The summed E-state index contributed by atoms with van der Waals surface area (Å²) in [6.07, 6.45) is 10.1. The fourth-order valence-electron chi connectivity index (χ4n) is 4.02. The zero-order valence-electron chi connectivity index (χ0n) is 19.7. The molecule has 0 bridgehead atoms. The van der Waals surface area contributed by atoms with Crippen LogP contribution in [-0.2, 0) is 9.53 Å². The van der Waals surface area contributed by atoms with Gasteiger partial charge in [0.05, 0.1) is 14.2 Å². The Bertz CT molecular complexity index is 768. The van der Waals surface area contributed by atoms with Gasteiger partial charge in [0.1, 0.15) is 5.75 Å². The molecular formula is C26H39NO3. The Morgan fingerprint density at radius 1 is 1.00 bits per heavy atom. The van der Waals surface area contributed by atoms with Crippen molar-refractivity contribution in [2.75, 3.05) is 32.2 Å². The summed E-state index contributed by atoms with van der Waals surface area (Å²) >= 11 is 0. The van der Waals surface area contributed by atoms with Crippen LogP contribution >= 0.6 is 0 Å². The zero-order valence-corrected chi connectivity index (χ0v) is 19.7. The molecule has 30 heavy (non-hydrogen) atoms. The fraction of sp³-hybridized carbons (Fsp3) is 0.577. The summed E-state index contributed by atoms with van der Waals surface area (Å²) in [7, 11) is 3.29. The molecule has 0 radical (unpaired) electrons. The van der Waals surface area contributed by atoms with E-state index in [1.807, 2.05) is 12.2 Å². The Morgan fingerprint density at radius 2 is 1.67 bits per heavy atom. The van der Waals surface area contributed by atoms with E-state index in [9.17, 15) is 4.79 Å². The van der Waals surface area contributed by atoms with Crippen molar-refractivity contribution in [1.82, 2.24) is 0 Å². The molecule has 0 N–H and O–H groups in total. The van der Waals surface area contributed by atoms with Gasteiger partial charge in [-0.05, 0) is 42.4 Å². The van der Waals surface area contributed by atoms with E-state index in [4.69, 9.17) is 9.47 Å². The van der Waals surface area contributed by atoms with E-state index in [-0.39, 0.29) is 11.2 Å². The topological polar surface area (TPSA) is 38.8 Å². The van der Waals surface area contributed by atoms with Crippen LogP contribution in [0, 0.1) is 5.41 Å². The summed E-state index contributed by atoms with van der Waals surface area (Å²) in [6.45, 7) is 10.8. The minimum absolute atomic E-state index is 0.0498. The van der Waals surface area contributed by atoms with Crippen molar-refractivity contribution in [2.24, 2.45) is 5.41 Å². The van der Waals surface area contributed by atoms with Crippen LogP contribution in [0.15, 0.2) is 35.6 Å². The predicted octanol–water partition coefficient (Wildman–Crippen LogP) is 6.40. The molecule has 0 fully saturated rings. The summed E-state index contributed by atoms with van der Waals surface area (Å²) in [5, 5.41) is 0. The molecule has 1 aliphatic carbocycles. The van der Waals surface area contributed by atoms with Crippen LogP contribution in [0.2, 0.25) is 0 Å². The molecule has 1 aromatic rings. The van der Waals surface area contributed by atoms with Gasteiger partial charge in [-0.3, -0.25) is 4.79 Å². The van der Waals surface area contributed by atoms with Crippen LogP contribution < -0.4 is 9.64 Å². The first kappa shape index (κ1) is 24.0. The minimum atomic E-state index is -0.0498. The minimum Gasteiger partial charge on any atom is -0.496 e. The van der Waals surface area contributed by atoms with Gasteiger partial charge in [0, 0.05) is 36.8 Å². The lowest BCUT2D eigenvalue weighted by atomic mass is 9.76. The van der Waals surface area contributed by atoms with E-state index < -0.39 is 0 Å². The van der Waals surface area contributed by atoms with Gasteiger partial charge < -0.3 is 14.4 Å². The van der Waals surface area contributed by atoms with Crippen molar-refractivity contribution in [3.8, 4) is 5.75 Å². The second kappa shape index (κ2) is 11.2. The maximum Gasteiger partial charge on any atom is 0.198 e. The molecule has 0 aromatic heterocycles. The molecule has 166 valence electrons. The third-order valence-corrected chi connectivity index (χ3v) is 5.67. The number of ether oxygens (including phenoxy) is 2. The third kappa shape index (κ3) is 6.38. The molecule has 4 heteroatoms. The summed E-state index contributed by atoms with van der Waals surface area (Å²) in [5.74, 6) is 1.42. The highest BCUT2D eigenvalue weighted by atomic mass is 16.5. The number of carbonyl (C=O) groups is 1. The Morgan fingerprint density at radius 3 is 2.23 bits per heavy atom. The number of benzene rings is 1. The van der Waals surface area contributed by atoms with E-state index in [2.05, 4.69) is 50.8 Å². The van der Waals surface area contributed by atoms with Crippen LogP contribution in [0.4, 0.5) is 5.69 Å². The summed E-state index contributed by atoms with van der Waals surface area (Å²) in [4.78, 5) is 14.9. The molecule has 2 rings (SSSR count). The Balaban J connectivity index is 2.30. The largest absolute Gasteiger partial charge is 0.496 e. The average molecular weight is 414 g/mol. The van der Waals surface area contributed by atoms with E-state index in [1.165, 1.54) is 31.4 Å². The maximum atomic E-state index is 12.4. The van der Waals surface area contributed by atoms with E-state index in [0.29, 0.717) is 12.2 Å². The SMILES string of the molecule is CCCCN(CCCC)c1ccc(/C=C/C2=C(OC)C(=O)CC(C)(C)C2)c(OC)c1. The number of unbranched alkanes of at least 4 members (excludes halogenated alkanes) is 2. The molecule has 1 aromatic carbocycles. The van der Waals surface area contributed by atoms with E-state index >= 15 is 0 Å². The Kier molecular flexibility index (Phi) is 9.01. The monoisotopic (exact) mass is 413 g/mol. The number of hydrogen-bond donors (Lipinski definition) is 0. The number of carbonyl (C=O) groups excluding carboxylic acids is 1. The molecule has 1 aliphatic rings. The number of rotatable bonds is 11. The highest BCUT2D eigenvalue weighted by Gasteiger charge is 2.32. The molecule has 0 heterocycles. The van der Waals surface area contributed by atoms with Crippen molar-refractivity contribution in [3.63, 3.8) is 0 Å². The third-order valence-electron chi connectivity index (χ3n) is 5.67. The van der Waals surface area contributed by atoms with Crippen molar-refractivity contribution >= 4 is 17.5 Å². The van der Waals surface area contributed by atoms with Gasteiger partial charge in [-0.1, -0.05) is 52.7 Å². The van der Waals surface area contributed by atoms with Crippen LogP contribution in [-0.4, -0.2) is 33.1 Å². The molecule has 4 nitrogen and oxygen atoms in total. The van der Waals surface area contributed by atoms with Crippen molar-refractivity contribution in [3.05, 3.63) is 41.2 Å². The number of anilines is 1. The molecule has 0 unspecified atom stereocenters. The maximum absolute atomic E-state index is 12.4. The Labute approximate surface area is 182 Å². The number of methoxy groups -OCH3 is 2. The highest BCUT2D eigenvalue weighted by molar-refractivity contribution is 5.96. The van der Waals surface area contributed by atoms with E-state index in [1.54, 1.807) is 14.2 Å². The van der Waals surface area contributed by atoms with Gasteiger partial charge in [-0.25, -0.2) is 0 Å². The first-order chi connectivity index (χ1) is 14.3.